The molecule has 0 aliphatic carbocycles. The second-order valence-corrected chi connectivity index (χ2v) is 3.33. The molecular weight excluding hydrogens is 150 g/mol. The molecule has 0 radical (unpaired) electrons. The lowest BCUT2D eigenvalue weighted by Crippen LogP contribution is -2.34. The lowest BCUT2D eigenvalue weighted by Gasteiger charge is -2.13. The van der Waals surface area contributed by atoms with Crippen molar-refractivity contribution in [2.24, 2.45) is 5.73 Å². The van der Waals surface area contributed by atoms with Crippen molar-refractivity contribution in [3.8, 4) is 5.75 Å². The number of hydrogen-bond acceptors (Lipinski definition) is 2. The third-order valence-corrected chi connectivity index (χ3v) is 2.26. The second-order valence-electron chi connectivity index (χ2n) is 3.33. The fourth-order valence-corrected chi connectivity index (χ4v) is 1.50. The molecule has 0 saturated carbocycles. The van der Waals surface area contributed by atoms with Crippen LogP contribution >= 0.6 is 0 Å². The number of fused-ring (bicyclic) bond motifs is 1. The van der Waals surface area contributed by atoms with E-state index in [2.05, 4.69) is 6.07 Å². The highest BCUT2D eigenvalue weighted by molar-refractivity contribution is 5.37. The summed E-state index contributed by atoms with van der Waals surface area (Å²) in [5, 5.41) is 0. The standard InChI is InChI=1S/C10H13NO/c1-7(11)10-6-8-4-2-3-5-9(8)12-10/h2-5,7,10H,6,11H2,1H3/t7-,10+/m1/s1. The summed E-state index contributed by atoms with van der Waals surface area (Å²) in [5.74, 6) is 1.000. The Morgan fingerprint density at radius 3 is 2.92 bits per heavy atom. The predicted octanol–water partition coefficient (Wildman–Crippen LogP) is 1.34. The Morgan fingerprint density at radius 1 is 1.50 bits per heavy atom. The minimum Gasteiger partial charge on any atom is -0.488 e. The molecule has 1 aliphatic rings. The lowest BCUT2D eigenvalue weighted by atomic mass is 10.1. The topological polar surface area (TPSA) is 35.2 Å². The van der Waals surface area contributed by atoms with E-state index in [4.69, 9.17) is 10.5 Å². The van der Waals surface area contributed by atoms with E-state index in [1.807, 2.05) is 25.1 Å². The van der Waals surface area contributed by atoms with Gasteiger partial charge in [-0.1, -0.05) is 18.2 Å². The van der Waals surface area contributed by atoms with Crippen molar-refractivity contribution in [3.05, 3.63) is 29.8 Å². The average molecular weight is 163 g/mol. The van der Waals surface area contributed by atoms with Gasteiger partial charge in [-0.2, -0.15) is 0 Å². The van der Waals surface area contributed by atoms with E-state index >= 15 is 0 Å². The Kier molecular flexibility index (Phi) is 1.77. The van der Waals surface area contributed by atoms with Gasteiger partial charge in [-0.05, 0) is 18.6 Å². The van der Waals surface area contributed by atoms with Gasteiger partial charge in [-0.3, -0.25) is 0 Å². The summed E-state index contributed by atoms with van der Waals surface area (Å²) >= 11 is 0. The molecular formula is C10H13NO. The van der Waals surface area contributed by atoms with Crippen molar-refractivity contribution in [1.29, 1.82) is 0 Å². The molecule has 0 unspecified atom stereocenters. The first-order valence-corrected chi connectivity index (χ1v) is 4.27. The predicted molar refractivity (Wildman–Crippen MR) is 48.2 cm³/mol. The molecule has 2 heteroatoms. The van der Waals surface area contributed by atoms with Crippen molar-refractivity contribution in [1.82, 2.24) is 0 Å². The van der Waals surface area contributed by atoms with Crippen molar-refractivity contribution in [2.45, 2.75) is 25.5 Å². The molecule has 0 bridgehead atoms. The summed E-state index contributed by atoms with van der Waals surface area (Å²) in [6.45, 7) is 1.98. The average Bonchev–Trinajstić information content (AvgIpc) is 2.46. The molecule has 2 atom stereocenters. The smallest absolute Gasteiger partial charge is 0.123 e. The molecule has 2 N–H and O–H groups in total. The van der Waals surface area contributed by atoms with Crippen molar-refractivity contribution >= 4 is 0 Å². The van der Waals surface area contributed by atoms with Crippen LogP contribution in [0, 0.1) is 0 Å². The molecule has 0 spiro atoms. The van der Waals surface area contributed by atoms with Crippen LogP contribution in [0.25, 0.3) is 0 Å². The number of hydrogen-bond donors (Lipinski definition) is 1. The third-order valence-electron chi connectivity index (χ3n) is 2.26. The molecule has 2 nitrogen and oxygen atoms in total. The van der Waals surface area contributed by atoms with E-state index < -0.39 is 0 Å². The Hall–Kier alpha value is -1.02. The highest BCUT2D eigenvalue weighted by Gasteiger charge is 2.24. The monoisotopic (exact) mass is 163 g/mol. The highest BCUT2D eigenvalue weighted by Crippen LogP contribution is 2.28. The Balaban J connectivity index is 2.22. The largest absolute Gasteiger partial charge is 0.488 e. The van der Waals surface area contributed by atoms with Crippen LogP contribution < -0.4 is 10.5 Å². The van der Waals surface area contributed by atoms with Gasteiger partial charge in [0.25, 0.3) is 0 Å². The Morgan fingerprint density at radius 2 is 2.25 bits per heavy atom. The lowest BCUT2D eigenvalue weighted by molar-refractivity contribution is 0.206. The maximum atomic E-state index is 5.75. The molecule has 0 fully saturated rings. The Bertz CT molecular complexity index is 258. The van der Waals surface area contributed by atoms with Crippen LogP contribution in [-0.2, 0) is 6.42 Å². The van der Waals surface area contributed by atoms with Gasteiger partial charge in [0.15, 0.2) is 0 Å². The van der Waals surface area contributed by atoms with E-state index in [9.17, 15) is 0 Å². The van der Waals surface area contributed by atoms with Gasteiger partial charge < -0.3 is 10.5 Å². The molecule has 0 saturated heterocycles. The molecule has 2 rings (SSSR count). The summed E-state index contributed by atoms with van der Waals surface area (Å²) < 4.78 is 5.64. The normalized spacial score (nSPS) is 23.0. The van der Waals surface area contributed by atoms with Crippen LogP contribution in [-0.4, -0.2) is 12.1 Å². The van der Waals surface area contributed by atoms with Gasteiger partial charge in [0.1, 0.15) is 11.9 Å². The number of nitrogens with two attached hydrogens (primary N) is 1. The zero-order chi connectivity index (χ0) is 8.55. The molecule has 0 aromatic heterocycles. The number of para-hydroxylation sites is 1. The molecule has 64 valence electrons. The van der Waals surface area contributed by atoms with Crippen LogP contribution in [0.15, 0.2) is 24.3 Å². The Labute approximate surface area is 72.3 Å². The fraction of sp³-hybridized carbons (Fsp3) is 0.400. The maximum Gasteiger partial charge on any atom is 0.123 e. The fourth-order valence-electron chi connectivity index (χ4n) is 1.50. The number of benzene rings is 1. The zero-order valence-corrected chi connectivity index (χ0v) is 7.16. The summed E-state index contributed by atoms with van der Waals surface area (Å²) in [5.41, 5.74) is 7.03. The molecule has 1 aromatic rings. The van der Waals surface area contributed by atoms with Gasteiger partial charge in [-0.15, -0.1) is 0 Å². The van der Waals surface area contributed by atoms with Crippen molar-refractivity contribution in [2.75, 3.05) is 0 Å². The minimum atomic E-state index is 0.109. The van der Waals surface area contributed by atoms with Crippen LogP contribution in [0.4, 0.5) is 0 Å². The molecule has 0 amide bonds. The number of rotatable bonds is 1. The summed E-state index contributed by atoms with van der Waals surface area (Å²) in [7, 11) is 0. The van der Waals surface area contributed by atoms with E-state index in [1.165, 1.54) is 5.56 Å². The van der Waals surface area contributed by atoms with E-state index in [0.29, 0.717) is 0 Å². The van der Waals surface area contributed by atoms with E-state index in [-0.39, 0.29) is 12.1 Å². The van der Waals surface area contributed by atoms with Gasteiger partial charge in [0.05, 0.1) is 0 Å². The van der Waals surface area contributed by atoms with Crippen LogP contribution in [0.1, 0.15) is 12.5 Å². The van der Waals surface area contributed by atoms with Crippen molar-refractivity contribution < 1.29 is 4.74 Å². The third kappa shape index (κ3) is 1.18. The van der Waals surface area contributed by atoms with Gasteiger partial charge in [-0.25, -0.2) is 0 Å². The molecule has 1 aromatic carbocycles. The summed E-state index contributed by atoms with van der Waals surface area (Å²) in [4.78, 5) is 0. The summed E-state index contributed by atoms with van der Waals surface area (Å²) in [6, 6.07) is 8.22. The van der Waals surface area contributed by atoms with Crippen LogP contribution in [0.5, 0.6) is 5.75 Å². The number of ether oxygens (including phenoxy) is 1. The SMILES string of the molecule is C[C@@H](N)[C@@H]1Cc2ccccc2O1. The van der Waals surface area contributed by atoms with Gasteiger partial charge in [0, 0.05) is 12.5 Å². The van der Waals surface area contributed by atoms with Crippen LogP contribution in [0.3, 0.4) is 0 Å². The highest BCUT2D eigenvalue weighted by atomic mass is 16.5. The zero-order valence-electron chi connectivity index (χ0n) is 7.16. The molecule has 1 heterocycles. The van der Waals surface area contributed by atoms with E-state index in [0.717, 1.165) is 12.2 Å². The minimum absolute atomic E-state index is 0.109. The first-order valence-electron chi connectivity index (χ1n) is 4.27. The summed E-state index contributed by atoms with van der Waals surface area (Å²) in [6.07, 6.45) is 1.12. The van der Waals surface area contributed by atoms with Crippen LogP contribution in [0.2, 0.25) is 0 Å². The first-order chi connectivity index (χ1) is 5.77. The molecule has 12 heavy (non-hydrogen) atoms. The quantitative estimate of drug-likeness (QED) is 0.678. The maximum absolute atomic E-state index is 5.75. The molecule has 1 aliphatic heterocycles. The second kappa shape index (κ2) is 2.79. The van der Waals surface area contributed by atoms with Crippen molar-refractivity contribution in [3.63, 3.8) is 0 Å². The first kappa shape index (κ1) is 7.62. The van der Waals surface area contributed by atoms with Gasteiger partial charge in [0.2, 0.25) is 0 Å². The van der Waals surface area contributed by atoms with E-state index in [1.54, 1.807) is 0 Å². The van der Waals surface area contributed by atoms with Gasteiger partial charge >= 0.3 is 0 Å².